The molecule has 4 aromatic carbocycles. The predicted octanol–water partition coefficient (Wildman–Crippen LogP) is 7.28. The summed E-state index contributed by atoms with van der Waals surface area (Å²) in [5.74, 6) is 1.07. The van der Waals surface area contributed by atoms with Gasteiger partial charge in [-0.1, -0.05) is 72.8 Å². The van der Waals surface area contributed by atoms with E-state index in [0.717, 1.165) is 5.56 Å². The molecule has 2 unspecified atom stereocenters. The lowest BCUT2D eigenvalue weighted by atomic mass is 10.1. The summed E-state index contributed by atoms with van der Waals surface area (Å²) >= 11 is 10.5. The van der Waals surface area contributed by atoms with E-state index in [4.69, 9.17) is 26.1 Å². The average molecular weight is 661 g/mol. The van der Waals surface area contributed by atoms with Gasteiger partial charge < -0.3 is 14.4 Å². The van der Waals surface area contributed by atoms with Crippen LogP contribution in [0, 0.1) is 0 Å². The number of alkyl halides is 1. The molecular formula is C34H31BrClN3O4. The van der Waals surface area contributed by atoms with Crippen molar-refractivity contribution in [3.05, 3.63) is 129 Å². The molecule has 0 N–H and O–H groups in total. The number of rotatable bonds is 10. The summed E-state index contributed by atoms with van der Waals surface area (Å²) in [6.45, 7) is 2.22. The Morgan fingerprint density at radius 3 is 2.28 bits per heavy atom. The molecule has 0 aliphatic carbocycles. The molecule has 0 spiro atoms. The van der Waals surface area contributed by atoms with Crippen LogP contribution in [0.2, 0.25) is 0 Å². The summed E-state index contributed by atoms with van der Waals surface area (Å²) in [7, 11) is 3.09. The number of methoxy groups -OCH3 is 2. The number of fused-ring (bicyclic) bond motifs is 1. The van der Waals surface area contributed by atoms with E-state index >= 15 is 0 Å². The van der Waals surface area contributed by atoms with Gasteiger partial charge in [-0.3, -0.25) is 14.2 Å². The maximum Gasteiger partial charge on any atom is 0.266 e. The van der Waals surface area contributed by atoms with Crippen LogP contribution in [0.3, 0.4) is 0 Å². The first kappa shape index (κ1) is 30.3. The number of hydrogen-bond donors (Lipinski definition) is 0. The van der Waals surface area contributed by atoms with E-state index in [1.54, 1.807) is 49.5 Å². The van der Waals surface area contributed by atoms with Crippen LogP contribution in [-0.2, 0) is 11.2 Å². The molecule has 0 radical (unpaired) electrons. The second kappa shape index (κ2) is 13.4. The third-order valence-corrected chi connectivity index (χ3v) is 8.64. The molecule has 7 nitrogen and oxygen atoms in total. The van der Waals surface area contributed by atoms with E-state index in [1.807, 2.05) is 73.7 Å². The summed E-state index contributed by atoms with van der Waals surface area (Å²) in [4.78, 5) is 35.1. The SMILES string of the molecule is COc1cc(OC)c(Br)c(-n2c(C(C)N(CCc3ccccc3)C(=O)C(Cl)c3ccccc3)nc3ccccc3c2=O)c1. The zero-order valence-corrected chi connectivity index (χ0v) is 26.4. The van der Waals surface area contributed by atoms with Crippen molar-refractivity contribution < 1.29 is 14.3 Å². The quantitative estimate of drug-likeness (QED) is 0.147. The smallest absolute Gasteiger partial charge is 0.266 e. The van der Waals surface area contributed by atoms with Crippen LogP contribution >= 0.6 is 27.5 Å². The molecule has 0 saturated carbocycles. The number of halogens is 2. The van der Waals surface area contributed by atoms with Crippen molar-refractivity contribution >= 4 is 44.3 Å². The van der Waals surface area contributed by atoms with E-state index in [2.05, 4.69) is 15.9 Å². The van der Waals surface area contributed by atoms with Crippen molar-refractivity contribution in [2.24, 2.45) is 0 Å². The third kappa shape index (κ3) is 6.31. The van der Waals surface area contributed by atoms with Crippen LogP contribution in [0.4, 0.5) is 0 Å². The zero-order valence-electron chi connectivity index (χ0n) is 24.0. The summed E-state index contributed by atoms with van der Waals surface area (Å²) in [6, 6.07) is 29.2. The van der Waals surface area contributed by atoms with Gasteiger partial charge in [0.2, 0.25) is 5.91 Å². The van der Waals surface area contributed by atoms with E-state index in [9.17, 15) is 9.59 Å². The molecule has 1 aromatic heterocycles. The molecule has 5 rings (SSSR count). The molecule has 0 aliphatic heterocycles. The Balaban J connectivity index is 1.70. The predicted molar refractivity (Wildman–Crippen MR) is 173 cm³/mol. The number of nitrogens with zero attached hydrogens (tertiary/aromatic N) is 3. The van der Waals surface area contributed by atoms with Crippen LogP contribution < -0.4 is 15.0 Å². The number of amides is 1. The summed E-state index contributed by atoms with van der Waals surface area (Å²) in [5, 5.41) is -0.488. The van der Waals surface area contributed by atoms with Gasteiger partial charge in [-0.05, 0) is 52.5 Å². The number of para-hydroxylation sites is 1. The summed E-state index contributed by atoms with van der Waals surface area (Å²) < 4.78 is 13.2. The minimum Gasteiger partial charge on any atom is -0.497 e. The molecule has 0 aliphatic rings. The van der Waals surface area contributed by atoms with Gasteiger partial charge in [-0.15, -0.1) is 11.6 Å². The van der Waals surface area contributed by atoms with Gasteiger partial charge in [0.25, 0.3) is 5.56 Å². The fourth-order valence-electron chi connectivity index (χ4n) is 5.09. The lowest BCUT2D eigenvalue weighted by molar-refractivity contribution is -0.133. The van der Waals surface area contributed by atoms with E-state index in [0.29, 0.717) is 56.9 Å². The number of ether oxygens (including phenoxy) is 2. The minimum absolute atomic E-state index is 0.285. The van der Waals surface area contributed by atoms with Crippen LogP contribution in [0.25, 0.3) is 16.6 Å². The lowest BCUT2D eigenvalue weighted by Crippen LogP contribution is -2.40. The molecule has 9 heteroatoms. The van der Waals surface area contributed by atoms with Gasteiger partial charge in [-0.25, -0.2) is 4.98 Å². The highest BCUT2D eigenvalue weighted by Crippen LogP contribution is 2.37. The van der Waals surface area contributed by atoms with Crippen molar-refractivity contribution in [1.29, 1.82) is 0 Å². The highest BCUT2D eigenvalue weighted by molar-refractivity contribution is 9.10. The Bertz CT molecular complexity index is 1800. The fourth-order valence-corrected chi connectivity index (χ4v) is 5.93. The number of aromatic nitrogens is 2. The zero-order chi connectivity index (χ0) is 30.5. The summed E-state index contributed by atoms with van der Waals surface area (Å²) in [6.07, 6.45) is 0.587. The van der Waals surface area contributed by atoms with Gasteiger partial charge in [0.15, 0.2) is 0 Å². The largest absolute Gasteiger partial charge is 0.497 e. The van der Waals surface area contributed by atoms with E-state index < -0.39 is 11.4 Å². The molecule has 220 valence electrons. The second-order valence-electron chi connectivity index (χ2n) is 10.0. The molecule has 2 atom stereocenters. The van der Waals surface area contributed by atoms with Crippen LogP contribution in [0.1, 0.15) is 35.3 Å². The molecule has 1 amide bonds. The lowest BCUT2D eigenvalue weighted by Gasteiger charge is -2.32. The van der Waals surface area contributed by atoms with Crippen molar-refractivity contribution in [3.63, 3.8) is 0 Å². The number of carbonyl (C=O) groups is 1. The maximum absolute atomic E-state index is 14.2. The highest BCUT2D eigenvalue weighted by Gasteiger charge is 2.32. The Kier molecular flexibility index (Phi) is 9.48. The van der Waals surface area contributed by atoms with Crippen molar-refractivity contribution in [3.8, 4) is 17.2 Å². The molecular weight excluding hydrogens is 630 g/mol. The Morgan fingerprint density at radius 1 is 0.953 bits per heavy atom. The maximum atomic E-state index is 14.2. The topological polar surface area (TPSA) is 73.7 Å². The third-order valence-electron chi connectivity index (χ3n) is 7.41. The minimum atomic E-state index is -0.927. The summed E-state index contributed by atoms with van der Waals surface area (Å²) in [5.41, 5.74) is 2.47. The van der Waals surface area contributed by atoms with Crippen LogP contribution in [-0.4, -0.2) is 41.1 Å². The Hall–Kier alpha value is -4.14. The normalized spacial score (nSPS) is 12.5. The Morgan fingerprint density at radius 2 is 1.60 bits per heavy atom. The van der Waals surface area contributed by atoms with Crippen molar-refractivity contribution in [1.82, 2.24) is 14.5 Å². The van der Waals surface area contributed by atoms with E-state index in [1.165, 1.54) is 4.57 Å². The van der Waals surface area contributed by atoms with Gasteiger partial charge in [0, 0.05) is 18.7 Å². The van der Waals surface area contributed by atoms with E-state index in [-0.39, 0.29) is 11.5 Å². The van der Waals surface area contributed by atoms with Crippen LogP contribution in [0.5, 0.6) is 11.5 Å². The van der Waals surface area contributed by atoms with Gasteiger partial charge in [-0.2, -0.15) is 0 Å². The van der Waals surface area contributed by atoms with Gasteiger partial charge in [0.1, 0.15) is 22.7 Å². The molecule has 0 saturated heterocycles. The molecule has 0 fully saturated rings. The monoisotopic (exact) mass is 659 g/mol. The first-order valence-electron chi connectivity index (χ1n) is 13.8. The molecule has 0 bridgehead atoms. The molecule has 1 heterocycles. The first-order chi connectivity index (χ1) is 20.8. The van der Waals surface area contributed by atoms with Crippen molar-refractivity contribution in [2.75, 3.05) is 20.8 Å². The highest BCUT2D eigenvalue weighted by atomic mass is 79.9. The van der Waals surface area contributed by atoms with Crippen LogP contribution in [0.15, 0.2) is 106 Å². The number of benzene rings is 4. The first-order valence-corrected chi connectivity index (χ1v) is 15.0. The van der Waals surface area contributed by atoms with Gasteiger partial charge in [0.05, 0.1) is 41.3 Å². The standard InChI is InChI=1S/C34H31BrClN3O4/c1-22(38(19-18-23-12-6-4-7-13-23)34(41)31(36)24-14-8-5-9-15-24)32-37-27-17-11-10-16-26(27)33(40)39(32)28-20-25(42-2)21-29(43-3)30(28)35/h4-17,20-22,31H,18-19H2,1-3H3. The van der Waals surface area contributed by atoms with Crippen molar-refractivity contribution in [2.45, 2.75) is 24.8 Å². The second-order valence-corrected chi connectivity index (χ2v) is 11.2. The fraction of sp³-hybridized carbons (Fsp3) is 0.206. The average Bonchev–Trinajstić information content (AvgIpc) is 3.05. The molecule has 43 heavy (non-hydrogen) atoms. The molecule has 5 aromatic rings. The number of hydrogen-bond acceptors (Lipinski definition) is 5. The van der Waals surface area contributed by atoms with Gasteiger partial charge >= 0.3 is 0 Å². The number of carbonyl (C=O) groups excluding carboxylic acids is 1. The Labute approximate surface area is 263 Å².